The lowest BCUT2D eigenvalue weighted by atomic mass is 9.85. The molecule has 4 heterocycles. The second kappa shape index (κ2) is 6.89. The second-order valence-corrected chi connectivity index (χ2v) is 9.67. The Labute approximate surface area is 187 Å². The van der Waals surface area contributed by atoms with Gasteiger partial charge in [-0.25, -0.2) is 9.37 Å². The van der Waals surface area contributed by atoms with Crippen molar-refractivity contribution in [1.29, 1.82) is 0 Å². The fraction of sp³-hybridized carbons (Fsp3) is 0.375. The molecule has 6 rings (SSSR count). The van der Waals surface area contributed by atoms with Crippen molar-refractivity contribution in [3.05, 3.63) is 61.7 Å². The Morgan fingerprint density at radius 2 is 1.97 bits per heavy atom. The Morgan fingerprint density at radius 1 is 1.19 bits per heavy atom. The summed E-state index contributed by atoms with van der Waals surface area (Å²) in [6.07, 6.45) is 3.18. The summed E-state index contributed by atoms with van der Waals surface area (Å²) in [6.45, 7) is 2.03. The number of aliphatic hydroxyl groups excluding tert-OH is 1. The van der Waals surface area contributed by atoms with Gasteiger partial charge in [0, 0.05) is 17.0 Å². The van der Waals surface area contributed by atoms with E-state index in [0.717, 1.165) is 41.3 Å². The van der Waals surface area contributed by atoms with Crippen molar-refractivity contribution in [2.75, 3.05) is 6.26 Å². The van der Waals surface area contributed by atoms with Crippen LogP contribution in [-0.4, -0.2) is 32.1 Å². The molecule has 0 amide bonds. The summed E-state index contributed by atoms with van der Waals surface area (Å²) in [4.78, 5) is 30.5. The number of rotatable bonds is 1. The van der Waals surface area contributed by atoms with Gasteiger partial charge in [0.05, 0.1) is 29.0 Å². The zero-order valence-corrected chi connectivity index (χ0v) is 18.5. The van der Waals surface area contributed by atoms with Gasteiger partial charge in [-0.15, -0.1) is 11.8 Å². The molecule has 2 atom stereocenters. The molecule has 0 radical (unpaired) electrons. The molecule has 2 unspecified atom stereocenters. The highest BCUT2D eigenvalue weighted by atomic mass is 32.2. The maximum absolute atomic E-state index is 14.6. The van der Waals surface area contributed by atoms with E-state index in [9.17, 15) is 19.1 Å². The van der Waals surface area contributed by atoms with Crippen LogP contribution < -0.4 is 5.56 Å². The first-order valence-corrected chi connectivity index (χ1v) is 12.0. The van der Waals surface area contributed by atoms with Crippen molar-refractivity contribution in [3.63, 3.8) is 0 Å². The lowest BCUT2D eigenvalue weighted by molar-refractivity contribution is -0.145. The summed E-state index contributed by atoms with van der Waals surface area (Å²) in [7, 11) is 0. The number of aliphatic hydroxyl groups is 1. The number of hydrogen-bond acceptors (Lipinski definition) is 6. The number of ether oxygens (including phenoxy) is 1. The molecule has 1 N–H and O–H groups in total. The fourth-order valence-electron chi connectivity index (χ4n) is 5.48. The van der Waals surface area contributed by atoms with Gasteiger partial charge in [-0.2, -0.15) is 0 Å². The first-order valence-electron chi connectivity index (χ1n) is 10.7. The van der Waals surface area contributed by atoms with Crippen LogP contribution in [0.5, 0.6) is 0 Å². The minimum Gasteiger partial charge on any atom is -0.460 e. The van der Waals surface area contributed by atoms with Crippen LogP contribution >= 0.6 is 11.8 Å². The Bertz CT molecular complexity index is 1410. The lowest BCUT2D eigenvalue weighted by Crippen LogP contribution is -2.27. The average Bonchev–Trinajstić information content (AvgIpc) is 3.10. The van der Waals surface area contributed by atoms with Crippen LogP contribution in [0.2, 0.25) is 0 Å². The fourth-order valence-corrected chi connectivity index (χ4v) is 6.14. The molecule has 8 heteroatoms. The zero-order valence-electron chi connectivity index (χ0n) is 17.7. The van der Waals surface area contributed by atoms with Gasteiger partial charge in [-0.05, 0) is 60.8 Å². The van der Waals surface area contributed by atoms with Gasteiger partial charge in [-0.1, -0.05) is 0 Å². The SMILES string of the molecule is CSC1C(=O)OCc2c(cc3n(c2=O)Cc2c-3nc3cc(F)c(C)c4c3c2CCC4)C1O. The molecule has 164 valence electrons. The van der Waals surface area contributed by atoms with Crippen molar-refractivity contribution >= 4 is 28.6 Å². The lowest BCUT2D eigenvalue weighted by Gasteiger charge is -2.22. The number of thioether (sulfide) groups is 1. The number of nitrogens with zero attached hydrogens (tertiary/aromatic N) is 2. The Morgan fingerprint density at radius 3 is 2.75 bits per heavy atom. The Balaban J connectivity index is 1.63. The number of esters is 1. The molecule has 1 aliphatic carbocycles. The van der Waals surface area contributed by atoms with Crippen LogP contribution in [0.3, 0.4) is 0 Å². The monoisotopic (exact) mass is 452 g/mol. The number of carbonyl (C=O) groups excluding carboxylic acids is 1. The number of cyclic esters (lactones) is 1. The summed E-state index contributed by atoms with van der Waals surface area (Å²) >= 11 is 1.19. The van der Waals surface area contributed by atoms with Gasteiger partial charge >= 0.3 is 5.97 Å². The molecule has 32 heavy (non-hydrogen) atoms. The van der Waals surface area contributed by atoms with Crippen LogP contribution in [-0.2, 0) is 35.5 Å². The van der Waals surface area contributed by atoms with Crippen molar-refractivity contribution in [1.82, 2.24) is 9.55 Å². The molecule has 0 fully saturated rings. The van der Waals surface area contributed by atoms with E-state index in [1.807, 2.05) is 6.92 Å². The van der Waals surface area contributed by atoms with Crippen LogP contribution in [0.25, 0.3) is 22.3 Å². The normalized spacial score (nSPS) is 21.1. The van der Waals surface area contributed by atoms with E-state index in [1.54, 1.807) is 16.9 Å². The molecule has 6 nitrogen and oxygen atoms in total. The van der Waals surface area contributed by atoms with Crippen molar-refractivity contribution in [3.8, 4) is 11.4 Å². The van der Waals surface area contributed by atoms with E-state index in [0.29, 0.717) is 40.1 Å². The van der Waals surface area contributed by atoms with Gasteiger partial charge in [0.15, 0.2) is 0 Å². The van der Waals surface area contributed by atoms with Gasteiger partial charge < -0.3 is 14.4 Å². The van der Waals surface area contributed by atoms with E-state index in [4.69, 9.17) is 9.72 Å². The van der Waals surface area contributed by atoms with Crippen LogP contribution in [0.1, 0.15) is 45.9 Å². The molecule has 0 bridgehead atoms. The Kier molecular flexibility index (Phi) is 4.29. The topological polar surface area (TPSA) is 81.4 Å². The number of aromatic nitrogens is 2. The van der Waals surface area contributed by atoms with Crippen molar-refractivity contribution in [2.45, 2.75) is 50.7 Å². The minimum atomic E-state index is -1.15. The van der Waals surface area contributed by atoms with E-state index >= 15 is 0 Å². The number of aryl methyl sites for hydroxylation is 2. The predicted molar refractivity (Wildman–Crippen MR) is 119 cm³/mol. The molecule has 2 aliphatic heterocycles. The van der Waals surface area contributed by atoms with Crippen molar-refractivity contribution < 1.29 is 19.0 Å². The third kappa shape index (κ3) is 2.53. The molecule has 3 aliphatic rings. The van der Waals surface area contributed by atoms with Gasteiger partial charge in [0.25, 0.3) is 5.56 Å². The number of carbonyl (C=O) groups is 1. The molecular weight excluding hydrogens is 431 g/mol. The van der Waals surface area contributed by atoms with E-state index in [2.05, 4.69) is 0 Å². The molecule has 0 saturated carbocycles. The highest BCUT2D eigenvalue weighted by Gasteiger charge is 2.37. The smallest absolute Gasteiger partial charge is 0.322 e. The van der Waals surface area contributed by atoms with Gasteiger partial charge in [-0.3, -0.25) is 9.59 Å². The first-order chi connectivity index (χ1) is 15.4. The first kappa shape index (κ1) is 19.9. The molecule has 3 aromatic rings. The molecule has 0 saturated heterocycles. The number of pyridine rings is 2. The highest BCUT2D eigenvalue weighted by molar-refractivity contribution is 7.99. The Hall–Kier alpha value is -2.71. The van der Waals surface area contributed by atoms with Gasteiger partial charge in [0.2, 0.25) is 0 Å². The molecule has 0 spiro atoms. The largest absolute Gasteiger partial charge is 0.460 e. The van der Waals surface area contributed by atoms with Crippen LogP contribution in [0.4, 0.5) is 4.39 Å². The molecule has 1 aromatic carbocycles. The summed E-state index contributed by atoms with van der Waals surface area (Å²) in [6, 6.07) is 3.25. The highest BCUT2D eigenvalue weighted by Crippen LogP contribution is 2.42. The maximum atomic E-state index is 14.6. The van der Waals surface area contributed by atoms with Crippen LogP contribution in [0.15, 0.2) is 16.9 Å². The van der Waals surface area contributed by atoms with Gasteiger partial charge in [0.1, 0.15) is 23.8 Å². The van der Waals surface area contributed by atoms with Crippen LogP contribution in [0, 0.1) is 12.7 Å². The summed E-state index contributed by atoms with van der Waals surface area (Å²) in [5.41, 5.74) is 6.12. The molecule has 2 aromatic heterocycles. The maximum Gasteiger partial charge on any atom is 0.322 e. The summed E-state index contributed by atoms with van der Waals surface area (Å²) < 4.78 is 21.6. The second-order valence-electron chi connectivity index (χ2n) is 8.69. The zero-order chi connectivity index (χ0) is 22.3. The minimum absolute atomic E-state index is 0.158. The summed E-state index contributed by atoms with van der Waals surface area (Å²) in [5.74, 6) is -0.794. The molecular formula is C24H21FN2O4S. The van der Waals surface area contributed by atoms with E-state index in [-0.39, 0.29) is 18.0 Å². The summed E-state index contributed by atoms with van der Waals surface area (Å²) in [5, 5.41) is 11.1. The number of hydrogen-bond donors (Lipinski definition) is 1. The van der Waals surface area contributed by atoms with E-state index in [1.165, 1.54) is 17.8 Å². The number of fused-ring (bicyclic) bond motifs is 5. The number of benzene rings is 1. The third-order valence-electron chi connectivity index (χ3n) is 7.11. The predicted octanol–water partition coefficient (Wildman–Crippen LogP) is 3.18. The third-order valence-corrected chi connectivity index (χ3v) is 8.07. The van der Waals surface area contributed by atoms with Crippen molar-refractivity contribution in [2.24, 2.45) is 0 Å². The quantitative estimate of drug-likeness (QED) is 0.447. The van der Waals surface area contributed by atoms with E-state index < -0.39 is 17.3 Å². The standard InChI is InChI=1S/C24H21FN2O4S/c1-10-11-4-3-5-12-14-8-27-18(20(14)26-17(19(11)12)7-16(10)25)6-13-15(23(27)29)9-31-24(30)22(32-2)21(13)28/h6-7,21-22,28H,3-5,8-9H2,1-2H3. The number of halogens is 1. The average molecular weight is 453 g/mol.